The SMILES string of the molecule is C[C@H](N)C(=O)N[C@@H](Cc1ccc(O)cc1)C(=O)NCC(=O)NCCSC[C@@H]1NC(=O)c2ccccc2N(c2ccccc2)C1=O. The molecular formula is C32H36N6O6S. The number of carbonyl (C=O) groups excluding carboxylic acids is 5. The normalized spacial score (nSPS) is 15.6. The fourth-order valence-corrected chi connectivity index (χ4v) is 5.46. The number of fused-ring (bicyclic) bond motifs is 1. The summed E-state index contributed by atoms with van der Waals surface area (Å²) in [5.74, 6) is -1.32. The molecule has 0 radical (unpaired) electrons. The number of amides is 5. The summed E-state index contributed by atoms with van der Waals surface area (Å²) in [7, 11) is 0. The van der Waals surface area contributed by atoms with Crippen LogP contribution >= 0.6 is 11.8 Å². The summed E-state index contributed by atoms with van der Waals surface area (Å²) in [5.41, 5.74) is 7.89. The van der Waals surface area contributed by atoms with Crippen molar-refractivity contribution in [2.45, 2.75) is 31.5 Å². The molecule has 0 saturated carbocycles. The van der Waals surface area contributed by atoms with Crippen LogP contribution in [0.25, 0.3) is 0 Å². The molecule has 0 aliphatic carbocycles. The first-order chi connectivity index (χ1) is 21.6. The number of hydrogen-bond acceptors (Lipinski definition) is 8. The second-order valence-corrected chi connectivity index (χ2v) is 11.6. The third-order valence-corrected chi connectivity index (χ3v) is 7.99. The Kier molecular flexibility index (Phi) is 11.5. The summed E-state index contributed by atoms with van der Waals surface area (Å²) in [5, 5.41) is 20.2. The van der Waals surface area contributed by atoms with Crippen molar-refractivity contribution in [2.24, 2.45) is 5.73 Å². The molecule has 3 aromatic rings. The van der Waals surface area contributed by atoms with Crippen molar-refractivity contribution in [1.82, 2.24) is 21.3 Å². The number of rotatable bonds is 13. The second-order valence-electron chi connectivity index (χ2n) is 10.4. The number of phenolic OH excluding ortho intramolecular Hbond substituents is 1. The van der Waals surface area contributed by atoms with Crippen LogP contribution in [-0.2, 0) is 25.6 Å². The van der Waals surface area contributed by atoms with Crippen molar-refractivity contribution in [3.8, 4) is 5.75 Å². The quantitative estimate of drug-likeness (QED) is 0.152. The minimum atomic E-state index is -0.981. The summed E-state index contributed by atoms with van der Waals surface area (Å²) >= 11 is 1.39. The van der Waals surface area contributed by atoms with Crippen LogP contribution < -0.4 is 31.9 Å². The first-order valence-corrected chi connectivity index (χ1v) is 15.5. The Balaban J connectivity index is 1.26. The second kappa shape index (κ2) is 15.7. The number of carbonyl (C=O) groups is 5. The number of phenols is 1. The van der Waals surface area contributed by atoms with Crippen molar-refractivity contribution in [1.29, 1.82) is 0 Å². The number of aromatic hydroxyl groups is 1. The van der Waals surface area contributed by atoms with E-state index in [0.29, 0.717) is 28.3 Å². The van der Waals surface area contributed by atoms with E-state index < -0.39 is 35.8 Å². The Labute approximate surface area is 265 Å². The van der Waals surface area contributed by atoms with E-state index in [2.05, 4.69) is 21.3 Å². The van der Waals surface area contributed by atoms with Crippen LogP contribution in [0.4, 0.5) is 11.4 Å². The molecule has 1 aliphatic rings. The lowest BCUT2D eigenvalue weighted by Gasteiger charge is -2.25. The van der Waals surface area contributed by atoms with Crippen molar-refractivity contribution >= 4 is 52.7 Å². The van der Waals surface area contributed by atoms with Gasteiger partial charge in [0.15, 0.2) is 0 Å². The molecular weight excluding hydrogens is 596 g/mol. The van der Waals surface area contributed by atoms with Crippen molar-refractivity contribution in [3.05, 3.63) is 90.0 Å². The summed E-state index contributed by atoms with van der Waals surface area (Å²) in [4.78, 5) is 65.6. The maximum absolute atomic E-state index is 13.6. The highest BCUT2D eigenvalue weighted by Gasteiger charge is 2.34. The standard InChI is InChI=1S/C32H36N6O6S/c1-20(33)29(41)36-25(17-21-11-13-23(39)14-12-21)31(43)35-18-28(40)34-15-16-45-19-26-32(44)38(22-7-3-2-4-8-22)27-10-6-5-9-24(27)30(42)37-26/h2-14,20,25-26,39H,15-19,33H2,1H3,(H,34,40)(H,35,43)(H,36,41)(H,37,42)/t20-,25-,26-/m0/s1. The number of para-hydroxylation sites is 2. The Morgan fingerprint density at radius 2 is 1.64 bits per heavy atom. The summed E-state index contributed by atoms with van der Waals surface area (Å²) in [6, 6.07) is 19.7. The topological polar surface area (TPSA) is 183 Å². The van der Waals surface area contributed by atoms with E-state index in [4.69, 9.17) is 5.73 Å². The Morgan fingerprint density at radius 1 is 0.956 bits per heavy atom. The van der Waals surface area contributed by atoms with Gasteiger partial charge in [0.05, 0.1) is 23.8 Å². The van der Waals surface area contributed by atoms with Gasteiger partial charge in [-0.05, 0) is 48.9 Å². The fraction of sp³-hybridized carbons (Fsp3) is 0.281. The zero-order chi connectivity index (χ0) is 32.3. The number of anilines is 2. The maximum atomic E-state index is 13.6. The van der Waals surface area contributed by atoms with Gasteiger partial charge in [-0.3, -0.25) is 28.9 Å². The average molecular weight is 633 g/mol. The van der Waals surface area contributed by atoms with Crippen LogP contribution in [0, 0.1) is 0 Å². The van der Waals surface area contributed by atoms with E-state index in [1.807, 2.05) is 30.3 Å². The average Bonchev–Trinajstić information content (AvgIpc) is 3.14. The van der Waals surface area contributed by atoms with E-state index >= 15 is 0 Å². The van der Waals surface area contributed by atoms with E-state index in [9.17, 15) is 29.1 Å². The molecule has 12 nitrogen and oxygen atoms in total. The van der Waals surface area contributed by atoms with Gasteiger partial charge in [0.2, 0.25) is 17.7 Å². The smallest absolute Gasteiger partial charge is 0.255 e. The molecule has 3 atom stereocenters. The van der Waals surface area contributed by atoms with Gasteiger partial charge in [-0.1, -0.05) is 42.5 Å². The van der Waals surface area contributed by atoms with Crippen LogP contribution in [0.1, 0.15) is 22.8 Å². The largest absolute Gasteiger partial charge is 0.508 e. The monoisotopic (exact) mass is 632 g/mol. The molecule has 1 heterocycles. The molecule has 5 amide bonds. The maximum Gasteiger partial charge on any atom is 0.255 e. The first kappa shape index (κ1) is 33.0. The third-order valence-electron chi connectivity index (χ3n) is 6.93. The van der Waals surface area contributed by atoms with Gasteiger partial charge in [0.25, 0.3) is 11.8 Å². The molecule has 0 fully saturated rings. The van der Waals surface area contributed by atoms with Crippen LogP contribution in [-0.4, -0.2) is 77.4 Å². The Morgan fingerprint density at radius 3 is 2.36 bits per heavy atom. The molecule has 4 rings (SSSR count). The molecule has 7 N–H and O–H groups in total. The van der Waals surface area contributed by atoms with Crippen molar-refractivity contribution in [3.63, 3.8) is 0 Å². The highest BCUT2D eigenvalue weighted by molar-refractivity contribution is 7.99. The summed E-state index contributed by atoms with van der Waals surface area (Å²) in [6.45, 7) is 1.44. The first-order valence-electron chi connectivity index (χ1n) is 14.4. The van der Waals surface area contributed by atoms with Crippen LogP contribution in [0.15, 0.2) is 78.9 Å². The van der Waals surface area contributed by atoms with Gasteiger partial charge in [-0.2, -0.15) is 11.8 Å². The van der Waals surface area contributed by atoms with Crippen LogP contribution in [0.3, 0.4) is 0 Å². The molecule has 236 valence electrons. The summed E-state index contributed by atoms with van der Waals surface area (Å²) < 4.78 is 0. The van der Waals surface area contributed by atoms with Gasteiger partial charge in [0.1, 0.15) is 17.8 Å². The molecule has 13 heteroatoms. The van der Waals surface area contributed by atoms with Gasteiger partial charge in [-0.15, -0.1) is 0 Å². The van der Waals surface area contributed by atoms with Gasteiger partial charge >= 0.3 is 0 Å². The number of thioether (sulfide) groups is 1. The Bertz CT molecular complexity index is 1520. The highest BCUT2D eigenvalue weighted by Crippen LogP contribution is 2.31. The lowest BCUT2D eigenvalue weighted by atomic mass is 10.0. The molecule has 3 aromatic carbocycles. The number of nitrogens with one attached hydrogen (secondary N) is 4. The molecule has 1 aliphatic heterocycles. The zero-order valence-corrected chi connectivity index (χ0v) is 25.5. The zero-order valence-electron chi connectivity index (χ0n) is 24.7. The highest BCUT2D eigenvalue weighted by atomic mass is 32.2. The minimum absolute atomic E-state index is 0.0690. The van der Waals surface area contributed by atoms with Crippen LogP contribution in [0.2, 0.25) is 0 Å². The Hall–Kier alpha value is -4.88. The van der Waals surface area contributed by atoms with E-state index in [-0.39, 0.29) is 42.8 Å². The number of hydrogen-bond donors (Lipinski definition) is 6. The lowest BCUT2D eigenvalue weighted by Crippen LogP contribution is -2.53. The number of benzene rings is 3. The van der Waals surface area contributed by atoms with Crippen molar-refractivity contribution in [2.75, 3.05) is 29.5 Å². The molecule has 0 spiro atoms. The van der Waals surface area contributed by atoms with E-state index in [0.717, 1.165) is 0 Å². The fourth-order valence-electron chi connectivity index (χ4n) is 4.59. The van der Waals surface area contributed by atoms with Gasteiger partial charge in [-0.25, -0.2) is 0 Å². The van der Waals surface area contributed by atoms with E-state index in [1.165, 1.54) is 30.8 Å². The number of nitrogens with zero attached hydrogens (tertiary/aromatic N) is 1. The lowest BCUT2D eigenvalue weighted by molar-refractivity contribution is -0.130. The molecule has 0 saturated heterocycles. The van der Waals surface area contributed by atoms with Gasteiger partial charge < -0.3 is 32.1 Å². The molecule has 0 bridgehead atoms. The predicted molar refractivity (Wildman–Crippen MR) is 172 cm³/mol. The minimum Gasteiger partial charge on any atom is -0.508 e. The third kappa shape index (κ3) is 9.06. The molecule has 0 aromatic heterocycles. The van der Waals surface area contributed by atoms with E-state index in [1.54, 1.807) is 41.3 Å². The van der Waals surface area contributed by atoms with Crippen LogP contribution in [0.5, 0.6) is 5.75 Å². The molecule has 45 heavy (non-hydrogen) atoms. The van der Waals surface area contributed by atoms with Crippen molar-refractivity contribution < 1.29 is 29.1 Å². The predicted octanol–water partition coefficient (Wildman–Crippen LogP) is 1.21. The number of nitrogens with two attached hydrogens (primary N) is 1. The molecule has 0 unspecified atom stereocenters. The summed E-state index contributed by atoms with van der Waals surface area (Å²) in [6.07, 6.45) is 0.131. The van der Waals surface area contributed by atoms with Gasteiger partial charge in [0, 0.05) is 30.2 Å².